The quantitative estimate of drug-likeness (QED) is 0.720. The van der Waals surface area contributed by atoms with E-state index < -0.39 is 0 Å². The van der Waals surface area contributed by atoms with Crippen molar-refractivity contribution >= 4 is 10.8 Å². The summed E-state index contributed by atoms with van der Waals surface area (Å²) in [5.41, 5.74) is 2.67. The van der Waals surface area contributed by atoms with Gasteiger partial charge in [0.05, 0.1) is 7.11 Å². The number of fused-ring (bicyclic) bond motifs is 1. The van der Waals surface area contributed by atoms with Crippen molar-refractivity contribution in [2.24, 2.45) is 0 Å². The SMILES string of the molecule is COc1ccc(CN[C@H](C)Cc2ccccc2)c2ccccc12. The lowest BCUT2D eigenvalue weighted by atomic mass is 10.0. The Labute approximate surface area is 138 Å². The highest BCUT2D eigenvalue weighted by Crippen LogP contribution is 2.28. The molecule has 0 aliphatic rings. The maximum Gasteiger partial charge on any atom is 0.126 e. The lowest BCUT2D eigenvalue weighted by Crippen LogP contribution is -2.27. The molecule has 0 saturated heterocycles. The van der Waals surface area contributed by atoms with E-state index in [1.807, 2.05) is 0 Å². The van der Waals surface area contributed by atoms with Crippen LogP contribution < -0.4 is 10.1 Å². The van der Waals surface area contributed by atoms with Crippen molar-refractivity contribution < 1.29 is 4.74 Å². The third-order valence-electron chi connectivity index (χ3n) is 4.22. The van der Waals surface area contributed by atoms with Gasteiger partial charge in [-0.2, -0.15) is 0 Å². The summed E-state index contributed by atoms with van der Waals surface area (Å²) in [5, 5.41) is 6.06. The Bertz CT molecular complexity index is 767. The molecule has 0 fully saturated rings. The fourth-order valence-corrected chi connectivity index (χ4v) is 2.99. The number of hydrogen-bond acceptors (Lipinski definition) is 2. The van der Waals surface area contributed by atoms with E-state index in [0.717, 1.165) is 18.7 Å². The minimum atomic E-state index is 0.429. The van der Waals surface area contributed by atoms with Crippen molar-refractivity contribution in [3.63, 3.8) is 0 Å². The molecule has 118 valence electrons. The standard InChI is InChI=1S/C21H23NO/c1-16(14-17-8-4-3-5-9-17)22-15-18-12-13-21(23-2)20-11-7-6-10-19(18)20/h3-13,16,22H,14-15H2,1-2H3/t16-/m1/s1. The molecule has 0 amide bonds. The normalized spacial score (nSPS) is 12.3. The van der Waals surface area contributed by atoms with E-state index in [1.54, 1.807) is 7.11 Å². The lowest BCUT2D eigenvalue weighted by Gasteiger charge is -2.16. The second-order valence-electron chi connectivity index (χ2n) is 5.94. The van der Waals surface area contributed by atoms with Crippen LogP contribution >= 0.6 is 0 Å². The molecule has 1 atom stereocenters. The lowest BCUT2D eigenvalue weighted by molar-refractivity contribution is 0.419. The summed E-state index contributed by atoms with van der Waals surface area (Å²) >= 11 is 0. The summed E-state index contributed by atoms with van der Waals surface area (Å²) in [6.07, 6.45) is 1.04. The molecule has 3 aromatic rings. The van der Waals surface area contributed by atoms with Crippen molar-refractivity contribution in [3.8, 4) is 5.75 Å². The molecular formula is C21H23NO. The van der Waals surface area contributed by atoms with E-state index in [-0.39, 0.29) is 0 Å². The molecule has 2 heteroatoms. The van der Waals surface area contributed by atoms with Crippen LogP contribution in [0.5, 0.6) is 5.75 Å². The van der Waals surface area contributed by atoms with Gasteiger partial charge in [-0.05, 0) is 35.9 Å². The molecule has 0 bridgehead atoms. The van der Waals surface area contributed by atoms with Crippen molar-refractivity contribution in [2.45, 2.75) is 25.9 Å². The average Bonchev–Trinajstić information content (AvgIpc) is 2.60. The number of benzene rings is 3. The van der Waals surface area contributed by atoms with E-state index in [1.165, 1.54) is 21.9 Å². The van der Waals surface area contributed by atoms with Crippen LogP contribution in [0.4, 0.5) is 0 Å². The monoisotopic (exact) mass is 305 g/mol. The first-order valence-corrected chi connectivity index (χ1v) is 8.10. The Morgan fingerprint density at radius 1 is 0.870 bits per heavy atom. The Morgan fingerprint density at radius 3 is 2.30 bits per heavy atom. The maximum absolute atomic E-state index is 5.47. The molecule has 3 aromatic carbocycles. The third-order valence-corrected chi connectivity index (χ3v) is 4.22. The first-order chi connectivity index (χ1) is 11.3. The highest BCUT2D eigenvalue weighted by atomic mass is 16.5. The number of methoxy groups -OCH3 is 1. The van der Waals surface area contributed by atoms with Gasteiger partial charge in [0.1, 0.15) is 5.75 Å². The van der Waals surface area contributed by atoms with Crippen LogP contribution in [-0.4, -0.2) is 13.2 Å². The van der Waals surface area contributed by atoms with Gasteiger partial charge in [0, 0.05) is 18.0 Å². The van der Waals surface area contributed by atoms with Crippen molar-refractivity contribution in [3.05, 3.63) is 77.9 Å². The molecule has 0 aromatic heterocycles. The van der Waals surface area contributed by atoms with Crippen molar-refractivity contribution in [2.75, 3.05) is 7.11 Å². The molecule has 0 spiro atoms. The topological polar surface area (TPSA) is 21.3 Å². The number of ether oxygens (including phenoxy) is 1. The highest BCUT2D eigenvalue weighted by molar-refractivity contribution is 5.91. The fourth-order valence-electron chi connectivity index (χ4n) is 2.99. The Balaban J connectivity index is 1.72. The molecular weight excluding hydrogens is 282 g/mol. The first-order valence-electron chi connectivity index (χ1n) is 8.10. The van der Waals surface area contributed by atoms with E-state index >= 15 is 0 Å². The Kier molecular flexibility index (Phi) is 4.94. The summed E-state index contributed by atoms with van der Waals surface area (Å²) in [7, 11) is 1.72. The molecule has 0 unspecified atom stereocenters. The number of nitrogens with one attached hydrogen (secondary N) is 1. The van der Waals surface area contributed by atoms with Crippen LogP contribution in [0.25, 0.3) is 10.8 Å². The van der Waals surface area contributed by atoms with Crippen LogP contribution in [0.2, 0.25) is 0 Å². The van der Waals surface area contributed by atoms with E-state index in [2.05, 4.69) is 79.0 Å². The summed E-state index contributed by atoms with van der Waals surface area (Å²) in [6, 6.07) is 23.7. The van der Waals surface area contributed by atoms with Gasteiger partial charge >= 0.3 is 0 Å². The summed E-state index contributed by atoms with van der Waals surface area (Å²) in [4.78, 5) is 0. The second kappa shape index (κ2) is 7.30. The van der Waals surface area contributed by atoms with Gasteiger partial charge in [-0.3, -0.25) is 0 Å². The minimum absolute atomic E-state index is 0.429. The van der Waals surface area contributed by atoms with Gasteiger partial charge in [-0.1, -0.05) is 60.7 Å². The van der Waals surface area contributed by atoms with E-state index in [9.17, 15) is 0 Å². The van der Waals surface area contributed by atoms with Gasteiger partial charge in [0.2, 0.25) is 0 Å². The Hall–Kier alpha value is -2.32. The molecule has 1 N–H and O–H groups in total. The van der Waals surface area contributed by atoms with Gasteiger partial charge in [-0.25, -0.2) is 0 Å². The van der Waals surface area contributed by atoms with Gasteiger partial charge in [0.15, 0.2) is 0 Å². The zero-order chi connectivity index (χ0) is 16.1. The second-order valence-corrected chi connectivity index (χ2v) is 5.94. The van der Waals surface area contributed by atoms with Crippen LogP contribution in [0.15, 0.2) is 66.7 Å². The molecule has 2 nitrogen and oxygen atoms in total. The smallest absolute Gasteiger partial charge is 0.126 e. The summed E-state index contributed by atoms with van der Waals surface area (Å²) < 4.78 is 5.47. The number of hydrogen-bond donors (Lipinski definition) is 1. The van der Waals surface area contributed by atoms with Crippen molar-refractivity contribution in [1.82, 2.24) is 5.32 Å². The molecule has 0 heterocycles. The highest BCUT2D eigenvalue weighted by Gasteiger charge is 2.08. The van der Waals surface area contributed by atoms with Crippen LogP contribution in [0, 0.1) is 0 Å². The van der Waals surface area contributed by atoms with Gasteiger partial charge < -0.3 is 10.1 Å². The van der Waals surface area contributed by atoms with Crippen LogP contribution in [0.1, 0.15) is 18.1 Å². The summed E-state index contributed by atoms with van der Waals surface area (Å²) in [5.74, 6) is 0.932. The predicted octanol–water partition coefficient (Wildman–Crippen LogP) is 4.57. The molecule has 3 rings (SSSR count). The molecule has 0 aliphatic heterocycles. The average molecular weight is 305 g/mol. The van der Waals surface area contributed by atoms with Gasteiger partial charge in [-0.15, -0.1) is 0 Å². The van der Waals surface area contributed by atoms with E-state index in [4.69, 9.17) is 4.74 Å². The largest absolute Gasteiger partial charge is 0.496 e. The van der Waals surface area contributed by atoms with E-state index in [0.29, 0.717) is 6.04 Å². The third kappa shape index (κ3) is 3.72. The fraction of sp³-hybridized carbons (Fsp3) is 0.238. The van der Waals surface area contributed by atoms with Crippen LogP contribution in [0.3, 0.4) is 0 Å². The summed E-state index contributed by atoms with van der Waals surface area (Å²) in [6.45, 7) is 3.09. The minimum Gasteiger partial charge on any atom is -0.496 e. The first kappa shape index (κ1) is 15.6. The maximum atomic E-state index is 5.47. The van der Waals surface area contributed by atoms with Gasteiger partial charge in [0.25, 0.3) is 0 Å². The molecule has 0 aliphatic carbocycles. The number of rotatable bonds is 6. The molecule has 0 saturated carbocycles. The zero-order valence-corrected chi connectivity index (χ0v) is 13.8. The zero-order valence-electron chi connectivity index (χ0n) is 13.8. The molecule has 23 heavy (non-hydrogen) atoms. The predicted molar refractivity (Wildman–Crippen MR) is 96.9 cm³/mol. The Morgan fingerprint density at radius 2 is 1.57 bits per heavy atom. The van der Waals surface area contributed by atoms with Crippen LogP contribution in [-0.2, 0) is 13.0 Å². The molecule has 0 radical (unpaired) electrons. The van der Waals surface area contributed by atoms with Crippen molar-refractivity contribution in [1.29, 1.82) is 0 Å².